The summed E-state index contributed by atoms with van der Waals surface area (Å²) in [7, 11) is -4.40. The second-order valence-electron chi connectivity index (χ2n) is 25.1. The Bertz CT molecular complexity index is 1780. The number of carbonyl (C=O) groups is 2. The smallest absolute Gasteiger partial charge is 0.462 e. The van der Waals surface area contributed by atoms with Crippen molar-refractivity contribution in [2.24, 2.45) is 5.73 Å². The van der Waals surface area contributed by atoms with Crippen molar-refractivity contribution in [3.8, 4) is 0 Å². The third-order valence-electron chi connectivity index (χ3n) is 16.5. The van der Waals surface area contributed by atoms with Gasteiger partial charge in [-0.2, -0.15) is 0 Å². The lowest BCUT2D eigenvalue weighted by Crippen LogP contribution is -2.29. The Morgan fingerprint density at radius 1 is 0.348 bits per heavy atom. The Morgan fingerprint density at radius 3 is 0.921 bits per heavy atom. The van der Waals surface area contributed by atoms with E-state index >= 15 is 0 Å². The predicted octanol–water partition coefficient (Wildman–Crippen LogP) is 25.1. The fourth-order valence-electron chi connectivity index (χ4n) is 11.0. The van der Waals surface area contributed by atoms with Gasteiger partial charge in [0.15, 0.2) is 6.10 Å². The third-order valence-corrected chi connectivity index (χ3v) is 17.5. The van der Waals surface area contributed by atoms with Crippen LogP contribution in [-0.2, 0) is 32.7 Å². The maximum absolute atomic E-state index is 12.8. The van der Waals surface area contributed by atoms with Crippen molar-refractivity contribution in [3.63, 3.8) is 0 Å². The van der Waals surface area contributed by atoms with Gasteiger partial charge in [-0.15, -0.1) is 0 Å². The highest BCUT2D eigenvalue weighted by Gasteiger charge is 2.26. The van der Waals surface area contributed by atoms with Gasteiger partial charge in [0, 0.05) is 19.4 Å². The van der Waals surface area contributed by atoms with Crippen LogP contribution < -0.4 is 5.73 Å². The zero-order valence-corrected chi connectivity index (χ0v) is 59.1. The van der Waals surface area contributed by atoms with E-state index in [0.29, 0.717) is 6.42 Å². The minimum atomic E-state index is -4.40. The van der Waals surface area contributed by atoms with Gasteiger partial charge < -0.3 is 20.1 Å². The molecule has 0 fully saturated rings. The quantitative estimate of drug-likeness (QED) is 0.0264. The number of nitrogens with two attached hydrogens (primary N) is 1. The highest BCUT2D eigenvalue weighted by Crippen LogP contribution is 2.43. The Morgan fingerprint density at radius 2 is 0.618 bits per heavy atom. The molecule has 3 N–H and O–H groups in total. The Labute approximate surface area is 550 Å². The summed E-state index contributed by atoms with van der Waals surface area (Å²) in [5, 5.41) is 0. The van der Waals surface area contributed by atoms with Crippen molar-refractivity contribution in [3.05, 3.63) is 97.2 Å². The van der Waals surface area contributed by atoms with Gasteiger partial charge in [-0.1, -0.05) is 368 Å². The number of allylic oxidation sites excluding steroid dienone is 16. The van der Waals surface area contributed by atoms with E-state index in [1.807, 2.05) is 0 Å². The van der Waals surface area contributed by atoms with E-state index < -0.39 is 26.5 Å². The maximum Gasteiger partial charge on any atom is 0.472 e. The minimum Gasteiger partial charge on any atom is -0.462 e. The third kappa shape index (κ3) is 73.9. The molecule has 0 radical (unpaired) electrons. The summed E-state index contributed by atoms with van der Waals surface area (Å²) >= 11 is 0. The fraction of sp³-hybridized carbons (Fsp3) is 0.772. The first-order chi connectivity index (χ1) is 43.8. The molecule has 0 saturated carbocycles. The van der Waals surface area contributed by atoms with E-state index in [0.717, 1.165) is 89.9 Å². The highest BCUT2D eigenvalue weighted by molar-refractivity contribution is 7.47. The van der Waals surface area contributed by atoms with Crippen LogP contribution >= 0.6 is 7.82 Å². The standard InChI is InChI=1S/C79H142NO8P/c1-3-5-7-9-11-13-15-17-19-21-23-25-27-29-31-33-35-36-37-38-39-40-42-44-46-48-50-52-54-56-58-60-62-64-66-68-70-72-79(82)88-77(76-87-89(83,84)86-74-73-80)75-85-78(81)71-69-67-65-63-61-59-57-55-53-51-49-47-45-43-41-34-32-30-28-26-24-22-20-18-16-14-12-10-8-6-4-2/h5,7,11,13,17,19,23,25,29,31,35-36,38-39,42,44,77H,3-4,6,8-10,12,14-16,18,20-22,24,26-28,30,32-34,37,40-41,43,45-76,80H2,1-2H3,(H,83,84)/b7-5-,13-11-,19-17-,25-23-,31-29-,36-35-,39-38-,44-42-. The van der Waals surface area contributed by atoms with Crippen LogP contribution in [0.1, 0.15) is 361 Å². The number of esters is 2. The number of unbranched alkanes of at least 4 members (excludes halogenated alkanes) is 42. The number of phosphoric acid groups is 1. The average molecular weight is 1260 g/mol. The normalized spacial score (nSPS) is 13.4. The summed E-state index contributed by atoms with van der Waals surface area (Å²) in [6.45, 7) is 3.68. The van der Waals surface area contributed by atoms with Crippen molar-refractivity contribution >= 4 is 19.8 Å². The number of ether oxygens (including phenoxy) is 2. The van der Waals surface area contributed by atoms with E-state index in [-0.39, 0.29) is 38.6 Å². The second kappa shape index (κ2) is 74.0. The molecule has 0 amide bonds. The van der Waals surface area contributed by atoms with Crippen molar-refractivity contribution in [1.29, 1.82) is 0 Å². The molecule has 0 aromatic carbocycles. The first-order valence-electron chi connectivity index (χ1n) is 37.7. The SMILES string of the molecule is CC/C=C\C/C=C\C/C=C\C/C=C\C/C=C\C/C=C\C/C=C\C/C=C\CCCCCCCCCCCCCCC(=O)OC(COC(=O)CCCCCCCCCCCCCCCCCCCCCCCCCCCCCCCCC)COP(=O)(O)OCCN. The lowest BCUT2D eigenvalue weighted by molar-refractivity contribution is -0.161. The Balaban J connectivity index is 3.85. The zero-order valence-electron chi connectivity index (χ0n) is 58.2. The van der Waals surface area contributed by atoms with Crippen LogP contribution in [0.4, 0.5) is 0 Å². The Hall–Kier alpha value is -3.07. The molecule has 0 aliphatic carbocycles. The molecule has 0 aliphatic rings. The van der Waals surface area contributed by atoms with Gasteiger partial charge in [0.2, 0.25) is 0 Å². The monoisotopic (exact) mass is 1260 g/mol. The molecule has 10 heteroatoms. The van der Waals surface area contributed by atoms with Crippen molar-refractivity contribution in [1.82, 2.24) is 0 Å². The van der Waals surface area contributed by atoms with Gasteiger partial charge in [0.1, 0.15) is 6.61 Å². The van der Waals surface area contributed by atoms with Gasteiger partial charge in [-0.3, -0.25) is 18.6 Å². The second-order valence-corrected chi connectivity index (χ2v) is 26.6. The molecular formula is C79H142NO8P. The summed E-state index contributed by atoms with van der Waals surface area (Å²) in [5.41, 5.74) is 5.41. The molecule has 0 bridgehead atoms. The van der Waals surface area contributed by atoms with E-state index in [1.54, 1.807) is 0 Å². The van der Waals surface area contributed by atoms with Crippen LogP contribution in [-0.4, -0.2) is 49.3 Å². The molecule has 0 aromatic heterocycles. The van der Waals surface area contributed by atoms with E-state index in [4.69, 9.17) is 24.3 Å². The van der Waals surface area contributed by atoms with Gasteiger partial charge in [0.05, 0.1) is 13.2 Å². The molecule has 0 aliphatic heterocycles. The van der Waals surface area contributed by atoms with Gasteiger partial charge in [0.25, 0.3) is 0 Å². The number of carbonyl (C=O) groups excluding carboxylic acids is 2. The van der Waals surface area contributed by atoms with Crippen LogP contribution in [0, 0.1) is 0 Å². The van der Waals surface area contributed by atoms with Crippen molar-refractivity contribution in [2.75, 3.05) is 26.4 Å². The molecule has 0 heterocycles. The molecule has 2 unspecified atom stereocenters. The highest BCUT2D eigenvalue weighted by atomic mass is 31.2. The molecule has 2 atom stereocenters. The van der Waals surface area contributed by atoms with Crippen LogP contribution in [0.2, 0.25) is 0 Å². The van der Waals surface area contributed by atoms with E-state index in [1.165, 1.54) is 238 Å². The average Bonchev–Trinajstić information content (AvgIpc) is 3.68. The molecular weight excluding hydrogens is 1120 g/mol. The summed E-state index contributed by atoms with van der Waals surface area (Å²) < 4.78 is 33.2. The van der Waals surface area contributed by atoms with Crippen molar-refractivity contribution in [2.45, 2.75) is 367 Å². The topological polar surface area (TPSA) is 134 Å². The van der Waals surface area contributed by atoms with Gasteiger partial charge in [-0.25, -0.2) is 4.57 Å². The van der Waals surface area contributed by atoms with Crippen LogP contribution in [0.15, 0.2) is 97.2 Å². The molecule has 0 aromatic rings. The Kier molecular flexibility index (Phi) is 71.4. The van der Waals surface area contributed by atoms with Gasteiger partial charge in [-0.05, 0) is 77.0 Å². The van der Waals surface area contributed by atoms with E-state index in [2.05, 4.69) is 111 Å². The molecule has 0 spiro atoms. The van der Waals surface area contributed by atoms with E-state index in [9.17, 15) is 19.0 Å². The zero-order chi connectivity index (χ0) is 64.4. The molecule has 0 saturated heterocycles. The fourth-order valence-corrected chi connectivity index (χ4v) is 11.7. The van der Waals surface area contributed by atoms with Crippen molar-refractivity contribution < 1.29 is 37.6 Å². The number of rotatable bonds is 71. The summed E-state index contributed by atoms with van der Waals surface area (Å²) in [4.78, 5) is 35.4. The van der Waals surface area contributed by atoms with Crippen LogP contribution in [0.25, 0.3) is 0 Å². The summed E-state index contributed by atoms with van der Waals surface area (Å²) in [6.07, 6.45) is 101. The lowest BCUT2D eigenvalue weighted by Gasteiger charge is -2.19. The first kappa shape index (κ1) is 85.9. The molecule has 9 nitrogen and oxygen atoms in total. The summed E-state index contributed by atoms with van der Waals surface area (Å²) in [6, 6.07) is 0. The molecule has 516 valence electrons. The molecule has 89 heavy (non-hydrogen) atoms. The largest absolute Gasteiger partial charge is 0.472 e. The minimum absolute atomic E-state index is 0.0516. The number of phosphoric ester groups is 1. The molecule has 0 rings (SSSR count). The number of hydrogen-bond donors (Lipinski definition) is 2. The first-order valence-corrected chi connectivity index (χ1v) is 39.2. The van der Waals surface area contributed by atoms with Crippen LogP contribution in [0.3, 0.4) is 0 Å². The van der Waals surface area contributed by atoms with Crippen LogP contribution in [0.5, 0.6) is 0 Å². The summed E-state index contributed by atoms with van der Waals surface area (Å²) in [5.74, 6) is -0.817. The predicted molar refractivity (Wildman–Crippen MR) is 385 cm³/mol. The lowest BCUT2D eigenvalue weighted by atomic mass is 10.0. The maximum atomic E-state index is 12.8. The van der Waals surface area contributed by atoms with Gasteiger partial charge >= 0.3 is 19.8 Å². The number of hydrogen-bond acceptors (Lipinski definition) is 8.